The van der Waals surface area contributed by atoms with Crippen molar-refractivity contribution in [2.24, 2.45) is 0 Å². The lowest BCUT2D eigenvalue weighted by Crippen LogP contribution is -2.07. The molecule has 0 fully saturated rings. The van der Waals surface area contributed by atoms with Crippen molar-refractivity contribution in [3.05, 3.63) is 58.6 Å². The van der Waals surface area contributed by atoms with Gasteiger partial charge in [-0.05, 0) is 42.8 Å². The minimum Gasteiger partial charge on any atom is -0.497 e. The largest absolute Gasteiger partial charge is 0.497 e. The summed E-state index contributed by atoms with van der Waals surface area (Å²) in [5, 5.41) is 10.2. The van der Waals surface area contributed by atoms with E-state index in [1.807, 2.05) is 0 Å². The quantitative estimate of drug-likeness (QED) is 0.196. The van der Waals surface area contributed by atoms with Gasteiger partial charge in [0.1, 0.15) is 11.5 Å². The third kappa shape index (κ3) is 8.14. The maximum Gasteiger partial charge on any atom is 0.311 e. The van der Waals surface area contributed by atoms with Crippen LogP contribution in [0, 0.1) is 10.1 Å². The lowest BCUT2D eigenvalue weighted by molar-refractivity contribution is -0.384. The van der Waals surface area contributed by atoms with Crippen LogP contribution in [0.25, 0.3) is 0 Å². The normalized spacial score (nSPS) is 9.62. The molecule has 0 heterocycles. The Morgan fingerprint density at radius 2 is 1.62 bits per heavy atom. The molecule has 0 saturated carbocycles. The summed E-state index contributed by atoms with van der Waals surface area (Å²) in [6.07, 6.45) is 3.55. The van der Waals surface area contributed by atoms with Crippen molar-refractivity contribution < 1.29 is 19.2 Å². The number of benzene rings is 2. The summed E-state index contributed by atoms with van der Waals surface area (Å²) in [6.45, 7) is 2.10. The molecule has 2 rings (SSSR count). The highest BCUT2D eigenvalue weighted by Crippen LogP contribution is 2.16. The average Bonchev–Trinajstić information content (AvgIpc) is 2.64. The molecule has 2 aromatic rings. The summed E-state index contributed by atoms with van der Waals surface area (Å²) in [5.41, 5.74) is 6.26. The second kappa shape index (κ2) is 11.5. The molecule has 0 atom stereocenters. The van der Waals surface area contributed by atoms with E-state index in [0.29, 0.717) is 23.6 Å². The summed E-state index contributed by atoms with van der Waals surface area (Å²) in [6, 6.07) is 12.7. The number of rotatable bonds is 7. The molecular formula is C19H24N2O5. The number of hydrogen-bond acceptors (Lipinski definition) is 6. The Hall–Kier alpha value is -3.09. The van der Waals surface area contributed by atoms with Crippen molar-refractivity contribution in [3.63, 3.8) is 0 Å². The topological polar surface area (TPSA) is 105 Å². The van der Waals surface area contributed by atoms with Crippen LogP contribution in [0.15, 0.2) is 48.5 Å². The number of nitrogens with two attached hydrogens (primary N) is 1. The Balaban J connectivity index is 0.000000273. The Kier molecular flexibility index (Phi) is 9.24. The molecule has 0 unspecified atom stereocenters. The minimum absolute atomic E-state index is 0.0748. The van der Waals surface area contributed by atoms with Gasteiger partial charge in [0.15, 0.2) is 0 Å². The van der Waals surface area contributed by atoms with Crippen molar-refractivity contribution in [2.45, 2.75) is 32.6 Å². The van der Waals surface area contributed by atoms with E-state index in [-0.39, 0.29) is 11.7 Å². The first-order valence-corrected chi connectivity index (χ1v) is 8.31. The SMILES string of the molecule is CCCCCC(=O)Oc1ccc(N)cc1.COc1ccc([N+](=O)[O-])cc1. The lowest BCUT2D eigenvalue weighted by Gasteiger charge is -2.03. The molecule has 140 valence electrons. The summed E-state index contributed by atoms with van der Waals surface area (Å²) >= 11 is 0. The van der Waals surface area contributed by atoms with Gasteiger partial charge in [-0.2, -0.15) is 0 Å². The second-order valence-corrected chi connectivity index (χ2v) is 5.46. The number of unbranched alkanes of at least 4 members (excludes halogenated alkanes) is 2. The number of nitrogens with zero attached hydrogens (tertiary/aromatic N) is 1. The molecule has 0 aliphatic rings. The van der Waals surface area contributed by atoms with Gasteiger partial charge < -0.3 is 15.2 Å². The number of carbonyl (C=O) groups is 1. The Morgan fingerprint density at radius 1 is 1.04 bits per heavy atom. The number of anilines is 1. The van der Waals surface area contributed by atoms with E-state index < -0.39 is 4.92 Å². The number of hydrogen-bond donors (Lipinski definition) is 1. The van der Waals surface area contributed by atoms with E-state index in [4.69, 9.17) is 15.2 Å². The first-order chi connectivity index (χ1) is 12.5. The summed E-state index contributed by atoms with van der Waals surface area (Å²) in [7, 11) is 1.52. The number of non-ortho nitro benzene ring substituents is 1. The van der Waals surface area contributed by atoms with Gasteiger partial charge in [-0.3, -0.25) is 14.9 Å². The Morgan fingerprint density at radius 3 is 2.12 bits per heavy atom. The van der Waals surface area contributed by atoms with E-state index >= 15 is 0 Å². The number of nitro benzene ring substituents is 1. The van der Waals surface area contributed by atoms with E-state index in [1.54, 1.807) is 36.4 Å². The molecule has 0 aliphatic carbocycles. The van der Waals surface area contributed by atoms with Gasteiger partial charge >= 0.3 is 5.97 Å². The number of ether oxygens (including phenoxy) is 2. The number of methoxy groups -OCH3 is 1. The molecule has 0 bridgehead atoms. The minimum atomic E-state index is -0.445. The first-order valence-electron chi connectivity index (χ1n) is 8.31. The van der Waals surface area contributed by atoms with Crippen LogP contribution in [-0.4, -0.2) is 18.0 Å². The smallest absolute Gasteiger partial charge is 0.311 e. The monoisotopic (exact) mass is 360 g/mol. The Labute approximate surface area is 152 Å². The van der Waals surface area contributed by atoms with Crippen molar-refractivity contribution >= 4 is 17.3 Å². The van der Waals surface area contributed by atoms with Crippen molar-refractivity contribution in [1.82, 2.24) is 0 Å². The molecule has 0 aromatic heterocycles. The first kappa shape index (κ1) is 21.0. The average molecular weight is 360 g/mol. The molecule has 7 nitrogen and oxygen atoms in total. The number of nitro groups is 1. The van der Waals surface area contributed by atoms with Crippen LogP contribution < -0.4 is 15.2 Å². The molecule has 0 amide bonds. The van der Waals surface area contributed by atoms with Crippen molar-refractivity contribution in [1.29, 1.82) is 0 Å². The van der Waals surface area contributed by atoms with Gasteiger partial charge in [-0.25, -0.2) is 0 Å². The molecule has 0 aliphatic heterocycles. The summed E-state index contributed by atoms with van der Waals surface area (Å²) < 4.78 is 9.95. The van der Waals surface area contributed by atoms with Gasteiger partial charge in [0.25, 0.3) is 5.69 Å². The molecular weight excluding hydrogens is 336 g/mol. The highest BCUT2D eigenvalue weighted by Gasteiger charge is 2.04. The molecule has 2 N–H and O–H groups in total. The second-order valence-electron chi connectivity index (χ2n) is 5.46. The molecule has 0 spiro atoms. The molecule has 0 saturated heterocycles. The van der Waals surface area contributed by atoms with E-state index in [9.17, 15) is 14.9 Å². The van der Waals surface area contributed by atoms with E-state index in [1.165, 1.54) is 19.2 Å². The van der Waals surface area contributed by atoms with Gasteiger partial charge in [0, 0.05) is 24.2 Å². The fraction of sp³-hybridized carbons (Fsp3) is 0.316. The van der Waals surface area contributed by atoms with Crippen LogP contribution in [0.2, 0.25) is 0 Å². The zero-order chi connectivity index (χ0) is 19.4. The fourth-order valence-electron chi connectivity index (χ4n) is 1.94. The van der Waals surface area contributed by atoms with Crippen LogP contribution in [-0.2, 0) is 4.79 Å². The van der Waals surface area contributed by atoms with Crippen LogP contribution in [0.1, 0.15) is 32.6 Å². The van der Waals surface area contributed by atoms with Gasteiger partial charge in [0.05, 0.1) is 12.0 Å². The predicted octanol–water partition coefficient (Wildman–Crippen LogP) is 4.36. The van der Waals surface area contributed by atoms with Crippen molar-refractivity contribution in [2.75, 3.05) is 12.8 Å². The van der Waals surface area contributed by atoms with Crippen molar-refractivity contribution in [3.8, 4) is 11.5 Å². The number of carbonyl (C=O) groups excluding carboxylic acids is 1. The molecule has 2 aromatic carbocycles. The van der Waals surface area contributed by atoms with E-state index in [2.05, 4.69) is 6.92 Å². The predicted molar refractivity (Wildman–Crippen MR) is 100 cm³/mol. The third-order valence-electron chi connectivity index (χ3n) is 3.38. The highest BCUT2D eigenvalue weighted by molar-refractivity contribution is 5.72. The summed E-state index contributed by atoms with van der Waals surface area (Å²) in [4.78, 5) is 21.0. The third-order valence-corrected chi connectivity index (χ3v) is 3.38. The Bertz CT molecular complexity index is 684. The van der Waals surface area contributed by atoms with Crippen LogP contribution >= 0.6 is 0 Å². The zero-order valence-corrected chi connectivity index (χ0v) is 15.0. The molecule has 26 heavy (non-hydrogen) atoms. The van der Waals surface area contributed by atoms with Gasteiger partial charge in [-0.15, -0.1) is 0 Å². The van der Waals surface area contributed by atoms with E-state index in [0.717, 1.165) is 19.3 Å². The molecule has 0 radical (unpaired) electrons. The van der Waals surface area contributed by atoms with Crippen LogP contribution in [0.4, 0.5) is 11.4 Å². The maximum absolute atomic E-state index is 11.3. The lowest BCUT2D eigenvalue weighted by atomic mass is 10.2. The van der Waals surface area contributed by atoms with Gasteiger partial charge in [-0.1, -0.05) is 19.8 Å². The molecule has 7 heteroatoms. The summed E-state index contributed by atoms with van der Waals surface area (Å²) in [5.74, 6) is 1.01. The van der Waals surface area contributed by atoms with Crippen LogP contribution in [0.3, 0.4) is 0 Å². The standard InChI is InChI=1S/C12H17NO2.C7H7NO3/c1-2-3-4-5-12(14)15-11-8-6-10(13)7-9-11;1-11-7-4-2-6(3-5-7)8(9)10/h6-9H,2-5,13H2,1H3;2-5H,1H3. The van der Waals surface area contributed by atoms with Gasteiger partial charge in [0.2, 0.25) is 0 Å². The highest BCUT2D eigenvalue weighted by atomic mass is 16.6. The number of nitrogen functional groups attached to an aromatic ring is 1. The fourth-order valence-corrected chi connectivity index (χ4v) is 1.94. The zero-order valence-electron chi connectivity index (χ0n) is 15.0. The van der Waals surface area contributed by atoms with Crippen LogP contribution in [0.5, 0.6) is 11.5 Å². The number of esters is 1. The maximum atomic E-state index is 11.3.